The summed E-state index contributed by atoms with van der Waals surface area (Å²) in [5.74, 6) is 1.30. The maximum absolute atomic E-state index is 13.0. The first-order chi connectivity index (χ1) is 13.2. The predicted molar refractivity (Wildman–Crippen MR) is 105 cm³/mol. The number of nitrogens with zero attached hydrogens (tertiary/aromatic N) is 2. The molecular formula is C21H25FN4O. The Labute approximate surface area is 159 Å². The fraction of sp³-hybridized carbons (Fsp3) is 0.333. The van der Waals surface area contributed by atoms with Gasteiger partial charge in [-0.1, -0.05) is 12.1 Å². The highest BCUT2D eigenvalue weighted by Crippen LogP contribution is 2.27. The molecule has 0 aliphatic carbocycles. The van der Waals surface area contributed by atoms with E-state index in [0.717, 1.165) is 42.6 Å². The van der Waals surface area contributed by atoms with Gasteiger partial charge < -0.3 is 25.6 Å². The predicted octanol–water partition coefficient (Wildman–Crippen LogP) is 2.99. The van der Waals surface area contributed by atoms with Gasteiger partial charge in [-0.25, -0.2) is 4.39 Å². The maximum Gasteiger partial charge on any atom is 0.123 e. The number of nitrogens with one attached hydrogen (secondary N) is 1. The van der Waals surface area contributed by atoms with Crippen LogP contribution in [0.1, 0.15) is 18.4 Å². The van der Waals surface area contributed by atoms with Crippen molar-refractivity contribution in [3.63, 3.8) is 0 Å². The second-order valence-corrected chi connectivity index (χ2v) is 7.05. The van der Waals surface area contributed by atoms with E-state index >= 15 is 0 Å². The first-order valence-electron chi connectivity index (χ1n) is 9.38. The van der Waals surface area contributed by atoms with Gasteiger partial charge in [-0.15, -0.1) is 0 Å². The number of halogens is 1. The zero-order valence-corrected chi connectivity index (χ0v) is 15.3. The van der Waals surface area contributed by atoms with E-state index in [4.69, 9.17) is 10.5 Å². The topological polar surface area (TPSA) is 53.8 Å². The number of piperidine rings is 1. The summed E-state index contributed by atoms with van der Waals surface area (Å²) < 4.78 is 18.7. The number of hydrogen-bond acceptors (Lipinski definition) is 5. The highest BCUT2D eigenvalue weighted by molar-refractivity contribution is 5.54. The minimum absolute atomic E-state index is 0.239. The van der Waals surface area contributed by atoms with Crippen LogP contribution in [0.25, 0.3) is 0 Å². The van der Waals surface area contributed by atoms with Crippen molar-refractivity contribution in [1.29, 1.82) is 0 Å². The lowest BCUT2D eigenvalue weighted by molar-refractivity contribution is 0.245. The smallest absolute Gasteiger partial charge is 0.123 e. The number of rotatable bonds is 5. The minimum atomic E-state index is -0.239. The van der Waals surface area contributed by atoms with E-state index in [2.05, 4.69) is 21.3 Å². The lowest BCUT2D eigenvalue weighted by atomic mass is 10.1. The maximum atomic E-state index is 13.0. The van der Waals surface area contributed by atoms with Crippen molar-refractivity contribution in [2.45, 2.75) is 25.5 Å². The lowest BCUT2D eigenvalue weighted by Crippen LogP contribution is -2.44. The van der Waals surface area contributed by atoms with Crippen LogP contribution in [0.4, 0.5) is 10.1 Å². The summed E-state index contributed by atoms with van der Waals surface area (Å²) in [7, 11) is 0. The molecule has 3 N–H and O–H groups in total. The summed E-state index contributed by atoms with van der Waals surface area (Å²) in [6.45, 7) is 3.29. The van der Waals surface area contributed by atoms with Gasteiger partial charge in [-0.2, -0.15) is 0 Å². The Balaban J connectivity index is 1.36. The second-order valence-electron chi connectivity index (χ2n) is 7.05. The van der Waals surface area contributed by atoms with E-state index in [1.165, 1.54) is 25.0 Å². The molecule has 6 heteroatoms. The van der Waals surface area contributed by atoms with Crippen LogP contribution in [0, 0.1) is 5.82 Å². The molecule has 5 nitrogen and oxygen atoms in total. The SMILES string of the molecule is NC1=CN([C@@H]2CCCNC2)CN1c1ccc(OCc2ccc(F)cc2)cc1. The molecule has 0 saturated carbocycles. The zero-order chi connectivity index (χ0) is 18.6. The van der Waals surface area contributed by atoms with E-state index in [1.54, 1.807) is 12.1 Å². The molecule has 0 aromatic heterocycles. The van der Waals surface area contributed by atoms with Crippen LogP contribution < -0.4 is 20.7 Å². The third kappa shape index (κ3) is 4.17. The first kappa shape index (κ1) is 17.7. The van der Waals surface area contributed by atoms with Crippen molar-refractivity contribution in [2.75, 3.05) is 24.7 Å². The van der Waals surface area contributed by atoms with Crippen molar-refractivity contribution in [1.82, 2.24) is 10.2 Å². The van der Waals surface area contributed by atoms with E-state index in [-0.39, 0.29) is 5.82 Å². The largest absolute Gasteiger partial charge is 0.489 e. The standard InChI is InChI=1S/C21H25FN4O/c22-17-5-3-16(4-6-17)14-27-20-9-7-18(8-10-20)26-15-25(13-21(26)23)19-2-1-11-24-12-19/h3-10,13,19,24H,1-2,11-12,14-15,23H2/t19-/m1/s1. The number of hydrogen-bond donors (Lipinski definition) is 2. The zero-order valence-electron chi connectivity index (χ0n) is 15.3. The Morgan fingerprint density at radius 3 is 2.59 bits per heavy atom. The summed E-state index contributed by atoms with van der Waals surface area (Å²) in [5.41, 5.74) is 8.24. The third-order valence-electron chi connectivity index (χ3n) is 5.12. The molecule has 1 saturated heterocycles. The van der Waals surface area contributed by atoms with Crippen LogP contribution in [0.5, 0.6) is 5.75 Å². The van der Waals surface area contributed by atoms with Gasteiger partial charge >= 0.3 is 0 Å². The summed E-state index contributed by atoms with van der Waals surface area (Å²) >= 11 is 0. The van der Waals surface area contributed by atoms with E-state index < -0.39 is 0 Å². The third-order valence-corrected chi connectivity index (χ3v) is 5.12. The van der Waals surface area contributed by atoms with Crippen molar-refractivity contribution in [2.24, 2.45) is 5.73 Å². The van der Waals surface area contributed by atoms with Gasteiger partial charge in [0.25, 0.3) is 0 Å². The van der Waals surface area contributed by atoms with Gasteiger partial charge in [0.2, 0.25) is 0 Å². The summed E-state index contributed by atoms with van der Waals surface area (Å²) in [6, 6.07) is 14.8. The second kappa shape index (κ2) is 7.88. The van der Waals surface area contributed by atoms with Crippen molar-refractivity contribution < 1.29 is 9.13 Å². The number of anilines is 1. The summed E-state index contributed by atoms with van der Waals surface area (Å²) in [6.07, 6.45) is 4.45. The molecule has 4 rings (SSSR count). The number of ether oxygens (including phenoxy) is 1. The Morgan fingerprint density at radius 1 is 1.11 bits per heavy atom. The molecule has 0 amide bonds. The van der Waals surface area contributed by atoms with E-state index in [9.17, 15) is 4.39 Å². The van der Waals surface area contributed by atoms with E-state index in [0.29, 0.717) is 12.6 Å². The quantitative estimate of drug-likeness (QED) is 0.850. The van der Waals surface area contributed by atoms with Gasteiger partial charge in [0.05, 0.1) is 6.67 Å². The highest BCUT2D eigenvalue weighted by Gasteiger charge is 2.26. The fourth-order valence-electron chi connectivity index (χ4n) is 3.56. The molecule has 1 fully saturated rings. The molecule has 0 bridgehead atoms. The average Bonchev–Trinajstić information content (AvgIpc) is 3.10. The van der Waals surface area contributed by atoms with Gasteiger partial charge in [-0.05, 0) is 61.3 Å². The molecule has 0 radical (unpaired) electrons. The summed E-state index contributed by atoms with van der Waals surface area (Å²) in [4.78, 5) is 4.43. The molecule has 1 atom stereocenters. The van der Waals surface area contributed by atoms with Gasteiger partial charge in [-0.3, -0.25) is 0 Å². The van der Waals surface area contributed by atoms with Crippen LogP contribution in [0.15, 0.2) is 60.6 Å². The minimum Gasteiger partial charge on any atom is -0.489 e. The monoisotopic (exact) mass is 368 g/mol. The van der Waals surface area contributed by atoms with Crippen LogP contribution in [-0.4, -0.2) is 30.7 Å². The summed E-state index contributed by atoms with van der Waals surface area (Å²) in [5, 5.41) is 3.45. The number of benzene rings is 2. The first-order valence-corrected chi connectivity index (χ1v) is 9.38. The molecule has 2 aliphatic heterocycles. The molecule has 27 heavy (non-hydrogen) atoms. The average molecular weight is 368 g/mol. The van der Waals surface area contributed by atoms with Crippen LogP contribution in [0.3, 0.4) is 0 Å². The molecule has 2 aliphatic rings. The number of nitrogens with two attached hydrogens (primary N) is 1. The Morgan fingerprint density at radius 2 is 1.89 bits per heavy atom. The van der Waals surface area contributed by atoms with Crippen molar-refractivity contribution >= 4 is 5.69 Å². The van der Waals surface area contributed by atoms with Gasteiger partial charge in [0.1, 0.15) is 24.0 Å². The van der Waals surface area contributed by atoms with Crippen molar-refractivity contribution in [3.05, 3.63) is 71.9 Å². The van der Waals surface area contributed by atoms with E-state index in [1.807, 2.05) is 24.3 Å². The van der Waals surface area contributed by atoms with Gasteiger partial charge in [0, 0.05) is 24.5 Å². The van der Waals surface area contributed by atoms with Gasteiger partial charge in [0.15, 0.2) is 0 Å². The van der Waals surface area contributed by atoms with Crippen LogP contribution in [0.2, 0.25) is 0 Å². The molecule has 2 heterocycles. The molecule has 142 valence electrons. The molecule has 0 unspecified atom stereocenters. The Hall–Kier alpha value is -2.73. The fourth-order valence-corrected chi connectivity index (χ4v) is 3.56. The Bertz CT molecular complexity index is 785. The highest BCUT2D eigenvalue weighted by atomic mass is 19.1. The molecule has 2 aromatic rings. The van der Waals surface area contributed by atoms with Crippen LogP contribution in [-0.2, 0) is 6.61 Å². The van der Waals surface area contributed by atoms with Crippen molar-refractivity contribution in [3.8, 4) is 5.75 Å². The molecular weight excluding hydrogens is 343 g/mol. The van der Waals surface area contributed by atoms with Crippen LogP contribution >= 0.6 is 0 Å². The normalized spacial score (nSPS) is 19.9. The lowest BCUT2D eigenvalue weighted by Gasteiger charge is -2.32. The molecule has 0 spiro atoms. The molecule has 2 aromatic carbocycles. The Kier molecular flexibility index (Phi) is 5.16.